The number of aliphatic hydroxyl groups excluding tert-OH is 1. The molecule has 0 aliphatic rings. The van der Waals surface area contributed by atoms with E-state index in [1.54, 1.807) is 11.8 Å². The second-order valence-corrected chi connectivity index (χ2v) is 5.06. The molecule has 0 spiro atoms. The van der Waals surface area contributed by atoms with E-state index in [4.69, 9.17) is 5.11 Å². The third-order valence-electron chi connectivity index (χ3n) is 1.65. The molecule has 1 aromatic heterocycles. The van der Waals surface area contributed by atoms with Crippen molar-refractivity contribution in [3.8, 4) is 0 Å². The minimum atomic E-state index is 0.207. The summed E-state index contributed by atoms with van der Waals surface area (Å²) < 4.78 is 3.90. The van der Waals surface area contributed by atoms with Crippen LogP contribution < -0.4 is 5.32 Å². The van der Waals surface area contributed by atoms with Gasteiger partial charge in [-0.25, -0.2) is 0 Å². The molecule has 1 atom stereocenters. The number of aromatic nitrogens is 2. The molecular formula is C8H15N3OS2. The SMILES string of the molecule is CCNc1snnc1CSC(C)CO. The zero-order valence-corrected chi connectivity index (χ0v) is 9.99. The van der Waals surface area contributed by atoms with Crippen molar-refractivity contribution in [2.75, 3.05) is 18.5 Å². The van der Waals surface area contributed by atoms with Gasteiger partial charge in [-0.1, -0.05) is 11.4 Å². The first-order chi connectivity index (χ1) is 6.77. The van der Waals surface area contributed by atoms with Crippen LogP contribution in [0, 0.1) is 0 Å². The van der Waals surface area contributed by atoms with Gasteiger partial charge in [0, 0.05) is 29.1 Å². The number of rotatable bonds is 6. The van der Waals surface area contributed by atoms with Crippen LogP contribution >= 0.6 is 23.3 Å². The van der Waals surface area contributed by atoms with E-state index in [9.17, 15) is 0 Å². The highest BCUT2D eigenvalue weighted by Gasteiger charge is 2.08. The molecule has 0 bridgehead atoms. The summed E-state index contributed by atoms with van der Waals surface area (Å²) in [7, 11) is 0. The summed E-state index contributed by atoms with van der Waals surface area (Å²) in [5, 5.41) is 17.4. The van der Waals surface area contributed by atoms with Crippen molar-refractivity contribution in [3.63, 3.8) is 0 Å². The Kier molecular flexibility index (Phi) is 5.21. The van der Waals surface area contributed by atoms with Gasteiger partial charge in [-0.3, -0.25) is 0 Å². The van der Waals surface area contributed by atoms with Crippen molar-refractivity contribution in [2.24, 2.45) is 0 Å². The zero-order chi connectivity index (χ0) is 10.4. The minimum absolute atomic E-state index is 0.207. The first-order valence-electron chi connectivity index (χ1n) is 4.55. The molecule has 0 amide bonds. The van der Waals surface area contributed by atoms with E-state index in [0.29, 0.717) is 0 Å². The zero-order valence-electron chi connectivity index (χ0n) is 8.36. The lowest BCUT2D eigenvalue weighted by Crippen LogP contribution is -2.03. The van der Waals surface area contributed by atoms with Crippen molar-refractivity contribution in [3.05, 3.63) is 5.69 Å². The fourth-order valence-electron chi connectivity index (χ4n) is 0.872. The maximum Gasteiger partial charge on any atom is 0.134 e. The number of thioether (sulfide) groups is 1. The summed E-state index contributed by atoms with van der Waals surface area (Å²) in [5.74, 6) is 0.806. The second kappa shape index (κ2) is 6.21. The van der Waals surface area contributed by atoms with Crippen molar-refractivity contribution >= 4 is 28.3 Å². The van der Waals surface area contributed by atoms with Gasteiger partial charge in [0.15, 0.2) is 0 Å². The predicted molar refractivity (Wildman–Crippen MR) is 61.9 cm³/mol. The van der Waals surface area contributed by atoms with Crippen molar-refractivity contribution < 1.29 is 5.11 Å². The Morgan fingerprint density at radius 3 is 3.07 bits per heavy atom. The van der Waals surface area contributed by atoms with E-state index in [1.807, 2.05) is 13.8 Å². The van der Waals surface area contributed by atoms with Gasteiger partial charge in [-0.05, 0) is 6.92 Å². The van der Waals surface area contributed by atoms with Crippen LogP contribution in [0.3, 0.4) is 0 Å². The molecule has 0 fully saturated rings. The fraction of sp³-hybridized carbons (Fsp3) is 0.750. The van der Waals surface area contributed by atoms with Crippen LogP contribution in [0.4, 0.5) is 5.00 Å². The molecule has 1 aromatic rings. The quantitative estimate of drug-likeness (QED) is 0.781. The van der Waals surface area contributed by atoms with Crippen LogP contribution in [-0.2, 0) is 5.75 Å². The Hall–Kier alpha value is -0.330. The third-order valence-corrected chi connectivity index (χ3v) is 3.54. The molecule has 0 saturated carbocycles. The lowest BCUT2D eigenvalue weighted by molar-refractivity contribution is 0.300. The summed E-state index contributed by atoms with van der Waals surface area (Å²) >= 11 is 3.07. The third kappa shape index (κ3) is 3.43. The van der Waals surface area contributed by atoms with Crippen LogP contribution in [0.2, 0.25) is 0 Å². The summed E-state index contributed by atoms with van der Waals surface area (Å²) in [4.78, 5) is 0. The lowest BCUT2D eigenvalue weighted by Gasteiger charge is -2.06. The molecule has 1 heterocycles. The fourth-order valence-corrected chi connectivity index (χ4v) is 2.36. The smallest absolute Gasteiger partial charge is 0.134 e. The summed E-state index contributed by atoms with van der Waals surface area (Å²) in [6, 6.07) is 0. The molecule has 1 unspecified atom stereocenters. The highest BCUT2D eigenvalue weighted by Crippen LogP contribution is 2.24. The Bertz CT molecular complexity index is 267. The normalized spacial score (nSPS) is 12.8. The summed E-state index contributed by atoms with van der Waals surface area (Å²) in [5.41, 5.74) is 0.988. The lowest BCUT2D eigenvalue weighted by atomic mass is 10.5. The van der Waals surface area contributed by atoms with E-state index in [2.05, 4.69) is 14.9 Å². The topological polar surface area (TPSA) is 58.0 Å². The standard InChI is InChI=1S/C8H15N3OS2/c1-3-9-8-7(10-11-14-8)5-13-6(2)4-12/h6,9,12H,3-5H2,1-2H3. The van der Waals surface area contributed by atoms with Crippen molar-refractivity contribution in [2.45, 2.75) is 24.9 Å². The number of anilines is 1. The highest BCUT2D eigenvalue weighted by molar-refractivity contribution is 7.99. The molecule has 14 heavy (non-hydrogen) atoms. The molecule has 80 valence electrons. The van der Waals surface area contributed by atoms with Crippen LogP contribution in [0.15, 0.2) is 0 Å². The molecule has 0 aromatic carbocycles. The van der Waals surface area contributed by atoms with Crippen LogP contribution in [0.5, 0.6) is 0 Å². The molecular weight excluding hydrogens is 218 g/mol. The average molecular weight is 233 g/mol. The van der Waals surface area contributed by atoms with Crippen LogP contribution in [0.25, 0.3) is 0 Å². The van der Waals surface area contributed by atoms with Gasteiger partial charge in [0.2, 0.25) is 0 Å². The van der Waals surface area contributed by atoms with Gasteiger partial charge in [-0.2, -0.15) is 0 Å². The molecule has 6 heteroatoms. The number of aliphatic hydroxyl groups is 1. The number of hydrogen-bond donors (Lipinski definition) is 2. The van der Waals surface area contributed by atoms with E-state index in [0.717, 1.165) is 23.0 Å². The van der Waals surface area contributed by atoms with Crippen molar-refractivity contribution in [1.82, 2.24) is 9.59 Å². The maximum absolute atomic E-state index is 8.87. The van der Waals surface area contributed by atoms with E-state index < -0.39 is 0 Å². The molecule has 0 aliphatic heterocycles. The number of hydrogen-bond acceptors (Lipinski definition) is 6. The number of nitrogens with zero attached hydrogens (tertiary/aromatic N) is 2. The second-order valence-electron chi connectivity index (χ2n) is 2.88. The Balaban J connectivity index is 2.45. The molecule has 4 nitrogen and oxygen atoms in total. The first kappa shape index (κ1) is 11.7. The van der Waals surface area contributed by atoms with Gasteiger partial charge >= 0.3 is 0 Å². The molecule has 0 radical (unpaired) electrons. The van der Waals surface area contributed by atoms with Gasteiger partial charge in [-0.15, -0.1) is 16.9 Å². The highest BCUT2D eigenvalue weighted by atomic mass is 32.2. The molecule has 2 N–H and O–H groups in total. The van der Waals surface area contributed by atoms with Crippen LogP contribution in [-0.4, -0.2) is 33.1 Å². The van der Waals surface area contributed by atoms with Gasteiger partial charge < -0.3 is 10.4 Å². The predicted octanol–water partition coefficient (Wildman–Crippen LogP) is 1.58. The van der Waals surface area contributed by atoms with Crippen molar-refractivity contribution in [1.29, 1.82) is 0 Å². The largest absolute Gasteiger partial charge is 0.395 e. The van der Waals surface area contributed by atoms with Gasteiger partial charge in [0.05, 0.1) is 6.61 Å². The first-order valence-corrected chi connectivity index (χ1v) is 6.37. The monoisotopic (exact) mass is 233 g/mol. The van der Waals surface area contributed by atoms with E-state index in [-0.39, 0.29) is 11.9 Å². The Morgan fingerprint density at radius 1 is 1.64 bits per heavy atom. The van der Waals surface area contributed by atoms with E-state index >= 15 is 0 Å². The number of nitrogens with one attached hydrogen (secondary N) is 1. The van der Waals surface area contributed by atoms with Crippen LogP contribution in [0.1, 0.15) is 19.5 Å². The summed E-state index contributed by atoms with van der Waals surface area (Å²) in [6.45, 7) is 5.14. The minimum Gasteiger partial charge on any atom is -0.395 e. The average Bonchev–Trinajstić information content (AvgIpc) is 2.62. The maximum atomic E-state index is 8.87. The molecule has 0 aliphatic carbocycles. The Labute approximate surface area is 92.3 Å². The Morgan fingerprint density at radius 2 is 2.43 bits per heavy atom. The van der Waals surface area contributed by atoms with E-state index in [1.165, 1.54) is 11.5 Å². The molecule has 1 rings (SSSR count). The van der Waals surface area contributed by atoms with Gasteiger partial charge in [0.25, 0.3) is 0 Å². The van der Waals surface area contributed by atoms with Gasteiger partial charge in [0.1, 0.15) is 10.7 Å². The molecule has 0 saturated heterocycles. The summed E-state index contributed by atoms with van der Waals surface area (Å²) in [6.07, 6.45) is 0.